The number of carbonyl (C=O) groups is 1. The normalized spacial score (nSPS) is 10.9. The van der Waals surface area contributed by atoms with Gasteiger partial charge in [-0.05, 0) is 18.2 Å². The van der Waals surface area contributed by atoms with Gasteiger partial charge in [-0.1, -0.05) is 6.07 Å². The summed E-state index contributed by atoms with van der Waals surface area (Å²) in [5, 5.41) is 15.3. The number of aryl methyl sites for hydroxylation is 1. The standard InChI is InChI=1S/C12H9N3O3/c1-6-13-8-4-2-3-7(11(8)18-6)9-5-10(12(16)17)15-14-9/h2-5H,1H3,(H,14,15)(H,16,17). The first-order valence-electron chi connectivity index (χ1n) is 5.30. The van der Waals surface area contributed by atoms with E-state index in [0.717, 1.165) is 11.1 Å². The highest BCUT2D eigenvalue weighted by Crippen LogP contribution is 2.28. The third kappa shape index (κ3) is 1.55. The zero-order valence-electron chi connectivity index (χ0n) is 9.47. The van der Waals surface area contributed by atoms with Crippen LogP contribution in [0.25, 0.3) is 22.4 Å². The van der Waals surface area contributed by atoms with Gasteiger partial charge >= 0.3 is 5.97 Å². The number of hydrogen-bond acceptors (Lipinski definition) is 4. The highest BCUT2D eigenvalue weighted by molar-refractivity contribution is 5.92. The number of aromatic nitrogens is 3. The predicted molar refractivity (Wildman–Crippen MR) is 63.3 cm³/mol. The molecule has 0 amide bonds. The molecule has 18 heavy (non-hydrogen) atoms. The molecule has 3 aromatic rings. The van der Waals surface area contributed by atoms with Gasteiger partial charge in [0.15, 0.2) is 11.5 Å². The quantitative estimate of drug-likeness (QED) is 0.720. The zero-order valence-corrected chi connectivity index (χ0v) is 9.47. The number of benzene rings is 1. The maximum atomic E-state index is 10.8. The van der Waals surface area contributed by atoms with Crippen molar-refractivity contribution in [2.24, 2.45) is 0 Å². The Morgan fingerprint density at radius 1 is 1.44 bits per heavy atom. The minimum atomic E-state index is -1.05. The van der Waals surface area contributed by atoms with Crippen molar-refractivity contribution in [1.29, 1.82) is 0 Å². The van der Waals surface area contributed by atoms with E-state index in [0.29, 0.717) is 17.2 Å². The van der Waals surface area contributed by atoms with Crippen LogP contribution in [0, 0.1) is 6.92 Å². The Morgan fingerprint density at radius 2 is 2.28 bits per heavy atom. The molecule has 0 radical (unpaired) electrons. The van der Waals surface area contributed by atoms with Crippen molar-refractivity contribution in [3.8, 4) is 11.3 Å². The molecule has 2 aromatic heterocycles. The van der Waals surface area contributed by atoms with Crippen LogP contribution >= 0.6 is 0 Å². The van der Waals surface area contributed by atoms with Crippen LogP contribution in [0.3, 0.4) is 0 Å². The summed E-state index contributed by atoms with van der Waals surface area (Å²) in [6, 6.07) is 6.94. The molecule has 0 aliphatic carbocycles. The van der Waals surface area contributed by atoms with Gasteiger partial charge in [0, 0.05) is 12.5 Å². The number of hydrogen-bond donors (Lipinski definition) is 2. The fourth-order valence-electron chi connectivity index (χ4n) is 1.83. The van der Waals surface area contributed by atoms with Crippen LogP contribution in [0.5, 0.6) is 0 Å². The van der Waals surface area contributed by atoms with Crippen LogP contribution in [-0.4, -0.2) is 26.3 Å². The third-order valence-corrected chi connectivity index (χ3v) is 2.61. The molecular formula is C12H9N3O3. The van der Waals surface area contributed by atoms with Crippen molar-refractivity contribution < 1.29 is 14.3 Å². The van der Waals surface area contributed by atoms with Crippen molar-refractivity contribution in [2.45, 2.75) is 6.92 Å². The van der Waals surface area contributed by atoms with Gasteiger partial charge in [0.1, 0.15) is 11.2 Å². The summed E-state index contributed by atoms with van der Waals surface area (Å²) in [5.41, 5.74) is 2.62. The van der Waals surface area contributed by atoms with Crippen molar-refractivity contribution in [3.05, 3.63) is 35.9 Å². The highest BCUT2D eigenvalue weighted by atomic mass is 16.4. The Labute approximate surface area is 101 Å². The topological polar surface area (TPSA) is 92.0 Å². The summed E-state index contributed by atoms with van der Waals surface area (Å²) in [4.78, 5) is 15.0. The van der Waals surface area contributed by atoms with Crippen LogP contribution in [0.4, 0.5) is 0 Å². The van der Waals surface area contributed by atoms with Gasteiger partial charge in [-0.25, -0.2) is 9.78 Å². The van der Waals surface area contributed by atoms with E-state index < -0.39 is 5.97 Å². The van der Waals surface area contributed by atoms with E-state index in [1.54, 1.807) is 6.92 Å². The van der Waals surface area contributed by atoms with Crippen molar-refractivity contribution >= 4 is 17.1 Å². The number of carboxylic acid groups (broad SMARTS) is 1. The first-order valence-corrected chi connectivity index (χ1v) is 5.30. The maximum absolute atomic E-state index is 10.8. The lowest BCUT2D eigenvalue weighted by atomic mass is 10.1. The molecule has 90 valence electrons. The van der Waals surface area contributed by atoms with Gasteiger partial charge in [0.25, 0.3) is 0 Å². The number of para-hydroxylation sites is 1. The molecule has 6 nitrogen and oxygen atoms in total. The van der Waals surface area contributed by atoms with E-state index in [-0.39, 0.29) is 5.69 Å². The minimum Gasteiger partial charge on any atom is -0.477 e. The van der Waals surface area contributed by atoms with Crippen LogP contribution in [0.1, 0.15) is 16.4 Å². The molecule has 0 aliphatic rings. The zero-order chi connectivity index (χ0) is 12.7. The van der Waals surface area contributed by atoms with Crippen molar-refractivity contribution in [1.82, 2.24) is 15.2 Å². The summed E-state index contributed by atoms with van der Waals surface area (Å²) in [7, 11) is 0. The Bertz CT molecular complexity index is 742. The van der Waals surface area contributed by atoms with E-state index >= 15 is 0 Å². The lowest BCUT2D eigenvalue weighted by Gasteiger charge is -1.95. The van der Waals surface area contributed by atoms with Crippen LogP contribution in [0.15, 0.2) is 28.7 Å². The van der Waals surface area contributed by atoms with Crippen LogP contribution in [0.2, 0.25) is 0 Å². The molecule has 3 rings (SSSR count). The number of aromatic amines is 1. The fraction of sp³-hybridized carbons (Fsp3) is 0.0833. The van der Waals surface area contributed by atoms with Gasteiger partial charge in [-0.2, -0.15) is 5.10 Å². The van der Waals surface area contributed by atoms with Gasteiger partial charge in [0.05, 0.1) is 5.69 Å². The predicted octanol–water partition coefficient (Wildman–Crippen LogP) is 2.22. The number of nitrogens with zero attached hydrogens (tertiary/aromatic N) is 2. The molecule has 2 heterocycles. The summed E-state index contributed by atoms with van der Waals surface area (Å²) in [5.74, 6) is -0.485. The SMILES string of the molecule is Cc1nc2cccc(-c3cc(C(=O)O)[nH]n3)c2o1. The summed E-state index contributed by atoms with van der Waals surface area (Å²) in [6.07, 6.45) is 0. The number of oxazole rings is 1. The van der Waals surface area contributed by atoms with Gasteiger partial charge in [-0.3, -0.25) is 5.10 Å². The number of aromatic carboxylic acids is 1. The number of carboxylic acids is 1. The molecule has 0 spiro atoms. The Kier molecular flexibility index (Phi) is 2.16. The van der Waals surface area contributed by atoms with E-state index in [1.807, 2.05) is 18.2 Å². The third-order valence-electron chi connectivity index (χ3n) is 2.61. The Morgan fingerprint density at radius 3 is 3.00 bits per heavy atom. The molecule has 0 aliphatic heterocycles. The molecule has 0 unspecified atom stereocenters. The van der Waals surface area contributed by atoms with E-state index in [4.69, 9.17) is 9.52 Å². The summed E-state index contributed by atoms with van der Waals surface area (Å²) < 4.78 is 5.51. The molecule has 6 heteroatoms. The summed E-state index contributed by atoms with van der Waals surface area (Å²) in [6.45, 7) is 1.76. The molecule has 0 atom stereocenters. The molecule has 0 saturated carbocycles. The number of nitrogens with one attached hydrogen (secondary N) is 1. The van der Waals surface area contributed by atoms with Crippen LogP contribution < -0.4 is 0 Å². The first-order chi connectivity index (χ1) is 8.65. The largest absolute Gasteiger partial charge is 0.477 e. The van der Waals surface area contributed by atoms with Gasteiger partial charge in [-0.15, -0.1) is 0 Å². The van der Waals surface area contributed by atoms with Gasteiger partial charge in [0.2, 0.25) is 0 Å². The second kappa shape index (κ2) is 3.69. The van der Waals surface area contributed by atoms with E-state index in [9.17, 15) is 4.79 Å². The average molecular weight is 243 g/mol. The first kappa shape index (κ1) is 10.5. The second-order valence-electron chi connectivity index (χ2n) is 3.86. The molecule has 0 bridgehead atoms. The van der Waals surface area contributed by atoms with Crippen molar-refractivity contribution in [2.75, 3.05) is 0 Å². The maximum Gasteiger partial charge on any atom is 0.353 e. The van der Waals surface area contributed by atoms with E-state index in [1.165, 1.54) is 6.07 Å². The number of H-pyrrole nitrogens is 1. The minimum absolute atomic E-state index is 0.0400. The Balaban J connectivity index is 2.21. The Hall–Kier alpha value is -2.63. The van der Waals surface area contributed by atoms with Crippen molar-refractivity contribution in [3.63, 3.8) is 0 Å². The molecule has 2 N–H and O–H groups in total. The average Bonchev–Trinajstić information content (AvgIpc) is 2.92. The van der Waals surface area contributed by atoms with Gasteiger partial charge < -0.3 is 9.52 Å². The number of rotatable bonds is 2. The second-order valence-corrected chi connectivity index (χ2v) is 3.86. The van der Waals surface area contributed by atoms with E-state index in [2.05, 4.69) is 15.2 Å². The smallest absolute Gasteiger partial charge is 0.353 e. The fourth-order valence-corrected chi connectivity index (χ4v) is 1.83. The van der Waals surface area contributed by atoms with Crippen LogP contribution in [-0.2, 0) is 0 Å². The molecule has 0 saturated heterocycles. The molecular weight excluding hydrogens is 234 g/mol. The monoisotopic (exact) mass is 243 g/mol. The highest BCUT2D eigenvalue weighted by Gasteiger charge is 2.14. The molecule has 1 aromatic carbocycles. The summed E-state index contributed by atoms with van der Waals surface area (Å²) >= 11 is 0. The number of fused-ring (bicyclic) bond motifs is 1. The lowest BCUT2D eigenvalue weighted by molar-refractivity contribution is 0.0690. The lowest BCUT2D eigenvalue weighted by Crippen LogP contribution is -1.95. The molecule has 0 fully saturated rings.